The average molecular weight is 408 g/mol. The van der Waals surface area contributed by atoms with Gasteiger partial charge in [0.2, 0.25) is 5.78 Å². The number of ether oxygens (including phenoxy) is 1. The van der Waals surface area contributed by atoms with E-state index in [1.165, 1.54) is 18.7 Å². The predicted molar refractivity (Wildman–Crippen MR) is 104 cm³/mol. The van der Waals surface area contributed by atoms with Crippen molar-refractivity contribution >= 4 is 28.6 Å². The van der Waals surface area contributed by atoms with Crippen molar-refractivity contribution in [1.29, 1.82) is 0 Å². The normalized spacial score (nSPS) is 10.7. The fourth-order valence-electron chi connectivity index (χ4n) is 2.91. The molecule has 2 aromatic carbocycles. The number of aromatic amines is 1. The lowest BCUT2D eigenvalue weighted by Gasteiger charge is -2.11. The number of aromatic nitrogens is 3. The summed E-state index contributed by atoms with van der Waals surface area (Å²) in [5.74, 6) is -3.18. The second-order valence-electron chi connectivity index (χ2n) is 6.29. The highest BCUT2D eigenvalue weighted by molar-refractivity contribution is 6.16. The molecule has 0 fully saturated rings. The molecule has 0 unspecified atom stereocenters. The van der Waals surface area contributed by atoms with Crippen LogP contribution in [0.15, 0.2) is 61.2 Å². The summed E-state index contributed by atoms with van der Waals surface area (Å²) in [6.07, 6.45) is 3.00. The van der Waals surface area contributed by atoms with E-state index < -0.39 is 29.1 Å². The summed E-state index contributed by atoms with van der Waals surface area (Å²) >= 11 is 0. The lowest BCUT2D eigenvalue weighted by atomic mass is 10.0. The number of H-pyrrole nitrogens is 1. The molecule has 0 atom stereocenters. The van der Waals surface area contributed by atoms with Gasteiger partial charge in [-0.15, -0.1) is 0 Å². The van der Waals surface area contributed by atoms with Gasteiger partial charge in [0, 0.05) is 17.8 Å². The van der Waals surface area contributed by atoms with Gasteiger partial charge in [0.1, 0.15) is 24.4 Å². The summed E-state index contributed by atoms with van der Waals surface area (Å²) < 4.78 is 34.3. The van der Waals surface area contributed by atoms with E-state index in [1.54, 1.807) is 24.3 Å². The number of ketones is 1. The molecule has 0 aliphatic carbocycles. The van der Waals surface area contributed by atoms with Crippen LogP contribution < -0.4 is 5.32 Å². The average Bonchev–Trinajstić information content (AvgIpc) is 3.19. The number of rotatable bonds is 5. The summed E-state index contributed by atoms with van der Waals surface area (Å²) in [5, 5.41) is 2.52. The first-order valence-electron chi connectivity index (χ1n) is 8.82. The number of halogens is 2. The predicted octanol–water partition coefficient (Wildman–Crippen LogP) is 4.22. The summed E-state index contributed by atoms with van der Waals surface area (Å²) in [7, 11) is 0. The molecule has 0 spiro atoms. The molecule has 150 valence electrons. The van der Waals surface area contributed by atoms with Crippen molar-refractivity contribution in [2.45, 2.75) is 6.61 Å². The highest BCUT2D eigenvalue weighted by atomic mass is 19.1. The number of nitrogens with one attached hydrogen (secondary N) is 2. The molecule has 0 aliphatic heterocycles. The lowest BCUT2D eigenvalue weighted by molar-refractivity contribution is 0.103. The Balaban J connectivity index is 1.57. The molecule has 1 amide bonds. The van der Waals surface area contributed by atoms with Crippen LogP contribution in [-0.2, 0) is 11.3 Å². The van der Waals surface area contributed by atoms with E-state index in [0.717, 1.165) is 17.7 Å². The van der Waals surface area contributed by atoms with Gasteiger partial charge in [-0.3, -0.25) is 10.1 Å². The monoisotopic (exact) mass is 408 g/mol. The third kappa shape index (κ3) is 3.72. The smallest absolute Gasteiger partial charge is 0.412 e. The van der Waals surface area contributed by atoms with Crippen LogP contribution >= 0.6 is 0 Å². The van der Waals surface area contributed by atoms with Crippen molar-refractivity contribution in [3.63, 3.8) is 0 Å². The molecule has 7 nitrogen and oxygen atoms in total. The van der Waals surface area contributed by atoms with Crippen LogP contribution in [0, 0.1) is 11.6 Å². The first kappa shape index (κ1) is 19.2. The lowest BCUT2D eigenvalue weighted by Crippen LogP contribution is -2.17. The van der Waals surface area contributed by atoms with Crippen LogP contribution in [0.5, 0.6) is 0 Å². The van der Waals surface area contributed by atoms with E-state index in [1.807, 2.05) is 6.07 Å². The highest BCUT2D eigenvalue weighted by Gasteiger charge is 2.25. The van der Waals surface area contributed by atoms with E-state index in [4.69, 9.17) is 4.74 Å². The number of hydrogen-bond acceptors (Lipinski definition) is 5. The first-order chi connectivity index (χ1) is 14.5. The van der Waals surface area contributed by atoms with Gasteiger partial charge in [-0.2, -0.15) is 0 Å². The Bertz CT molecular complexity index is 1240. The first-order valence-corrected chi connectivity index (χ1v) is 8.82. The number of anilines is 1. The molecule has 2 N–H and O–H groups in total. The molecule has 2 aromatic heterocycles. The maximum atomic E-state index is 14.9. The van der Waals surface area contributed by atoms with Crippen molar-refractivity contribution in [3.05, 3.63) is 89.5 Å². The Morgan fingerprint density at radius 2 is 1.90 bits per heavy atom. The number of benzene rings is 2. The van der Waals surface area contributed by atoms with Gasteiger partial charge in [0.15, 0.2) is 5.82 Å². The third-order valence-corrected chi connectivity index (χ3v) is 4.37. The Morgan fingerprint density at radius 3 is 2.70 bits per heavy atom. The topological polar surface area (TPSA) is 97.0 Å². The van der Waals surface area contributed by atoms with Crippen molar-refractivity contribution in [2.24, 2.45) is 0 Å². The summed E-state index contributed by atoms with van der Waals surface area (Å²) in [4.78, 5) is 35.3. The van der Waals surface area contributed by atoms with Gasteiger partial charge in [0.05, 0.1) is 16.8 Å². The maximum absolute atomic E-state index is 14.9. The Kier molecular flexibility index (Phi) is 5.17. The summed E-state index contributed by atoms with van der Waals surface area (Å²) in [5.41, 5.74) is -0.0840. The minimum atomic E-state index is -1.21. The second-order valence-corrected chi connectivity index (χ2v) is 6.29. The van der Waals surface area contributed by atoms with Crippen LogP contribution in [0.3, 0.4) is 0 Å². The van der Waals surface area contributed by atoms with E-state index in [-0.39, 0.29) is 17.9 Å². The molecular formula is C21H14F2N4O3. The van der Waals surface area contributed by atoms with Gasteiger partial charge >= 0.3 is 6.09 Å². The molecule has 0 saturated heterocycles. The minimum Gasteiger partial charge on any atom is -0.444 e. The number of fused-ring (bicyclic) bond motifs is 1. The molecule has 4 aromatic rings. The standard InChI is InChI=1S/C21H14F2N4O3/c22-15-6-7-16(27-21(29)30-10-12-4-2-1-3-5-12)18(23)17(15)19(28)13-9-25-20-14(13)8-24-11-26-20/h1-9,11H,10H2,(H,27,29)(H,24,25,26). The van der Waals surface area contributed by atoms with Crippen molar-refractivity contribution < 1.29 is 23.1 Å². The van der Waals surface area contributed by atoms with Gasteiger partial charge in [-0.25, -0.2) is 23.5 Å². The Labute approximate surface area is 168 Å². The van der Waals surface area contributed by atoms with Gasteiger partial charge in [-0.05, 0) is 17.7 Å². The fourth-order valence-corrected chi connectivity index (χ4v) is 2.91. The van der Waals surface area contributed by atoms with E-state index in [0.29, 0.717) is 11.0 Å². The molecule has 0 aliphatic rings. The minimum absolute atomic E-state index is 0.00667. The zero-order chi connectivity index (χ0) is 21.1. The van der Waals surface area contributed by atoms with E-state index in [2.05, 4.69) is 20.3 Å². The number of amides is 1. The van der Waals surface area contributed by atoms with Crippen LogP contribution in [0.4, 0.5) is 19.3 Å². The molecule has 9 heteroatoms. The summed E-state index contributed by atoms with van der Waals surface area (Å²) in [6.45, 7) is -0.0311. The zero-order valence-electron chi connectivity index (χ0n) is 15.4. The number of carbonyl (C=O) groups excluding carboxylic acids is 2. The molecular weight excluding hydrogens is 394 g/mol. The number of nitrogens with zero attached hydrogens (tertiary/aromatic N) is 2. The second kappa shape index (κ2) is 8.08. The summed E-state index contributed by atoms with van der Waals surface area (Å²) in [6, 6.07) is 10.8. The Morgan fingerprint density at radius 1 is 1.10 bits per heavy atom. The SMILES string of the molecule is O=C(Nc1ccc(F)c(C(=O)c2c[nH]c3ncncc23)c1F)OCc1ccccc1. The van der Waals surface area contributed by atoms with Crippen LogP contribution in [-0.4, -0.2) is 26.8 Å². The molecule has 0 radical (unpaired) electrons. The van der Waals surface area contributed by atoms with E-state index in [9.17, 15) is 18.4 Å². The largest absolute Gasteiger partial charge is 0.444 e. The number of hydrogen-bond donors (Lipinski definition) is 2. The van der Waals surface area contributed by atoms with Gasteiger partial charge in [0.25, 0.3) is 0 Å². The van der Waals surface area contributed by atoms with Crippen LogP contribution in [0.25, 0.3) is 11.0 Å². The van der Waals surface area contributed by atoms with Crippen molar-refractivity contribution in [3.8, 4) is 0 Å². The fraction of sp³-hybridized carbons (Fsp3) is 0.0476. The van der Waals surface area contributed by atoms with Gasteiger partial charge < -0.3 is 9.72 Å². The number of carbonyl (C=O) groups is 2. The molecule has 2 heterocycles. The third-order valence-electron chi connectivity index (χ3n) is 4.37. The molecule has 0 bridgehead atoms. The van der Waals surface area contributed by atoms with Gasteiger partial charge in [-0.1, -0.05) is 30.3 Å². The van der Waals surface area contributed by atoms with E-state index >= 15 is 0 Å². The Hall–Kier alpha value is -4.14. The van der Waals surface area contributed by atoms with Crippen LogP contribution in [0.2, 0.25) is 0 Å². The van der Waals surface area contributed by atoms with Crippen LogP contribution in [0.1, 0.15) is 21.5 Å². The quantitative estimate of drug-likeness (QED) is 0.482. The highest BCUT2D eigenvalue weighted by Crippen LogP contribution is 2.26. The van der Waals surface area contributed by atoms with Crippen molar-refractivity contribution in [1.82, 2.24) is 15.0 Å². The molecule has 4 rings (SSSR count). The molecule has 0 saturated carbocycles. The molecule has 30 heavy (non-hydrogen) atoms. The maximum Gasteiger partial charge on any atom is 0.412 e. The zero-order valence-corrected chi connectivity index (χ0v) is 15.4. The van der Waals surface area contributed by atoms with Crippen molar-refractivity contribution in [2.75, 3.05) is 5.32 Å².